The third-order valence-electron chi connectivity index (χ3n) is 0.593. The molecule has 0 aliphatic rings. The lowest BCUT2D eigenvalue weighted by molar-refractivity contribution is -0.121. The highest BCUT2D eigenvalue weighted by Gasteiger charge is 1.98. The largest absolute Gasteiger partial charge is 0.372 e. The number of amides is 1. The van der Waals surface area contributed by atoms with Crippen molar-refractivity contribution in [3.05, 3.63) is 0 Å². The molecule has 0 rings (SSSR count). The summed E-state index contributed by atoms with van der Waals surface area (Å²) >= 11 is 0. The van der Waals surface area contributed by atoms with Crippen LogP contribution in [0.2, 0.25) is 0 Å². The number of rotatable bonds is 2. The fourth-order valence-electron chi connectivity index (χ4n) is 0.294. The Morgan fingerprint density at radius 1 is 1.70 bits per heavy atom. The Hall–Kier alpha value is -0.690. The Morgan fingerprint density at radius 3 is 2.20 bits per heavy atom. The number of hydrogen-bond donors (Lipinski definition) is 5. The van der Waals surface area contributed by atoms with Gasteiger partial charge in [0.1, 0.15) is 6.23 Å². The summed E-state index contributed by atoms with van der Waals surface area (Å²) in [6, 6.07) is 0. The minimum Gasteiger partial charge on any atom is -0.372 e. The monoisotopic (exact) mass is 150 g/mol. The Kier molecular flexibility index (Phi) is 10.00. The van der Waals surface area contributed by atoms with E-state index in [1.165, 1.54) is 6.92 Å². The molecular weight excluding hydrogens is 136 g/mol. The number of nitrogens with one attached hydrogen (secondary N) is 1. The summed E-state index contributed by atoms with van der Waals surface area (Å²) in [7, 11) is 0. The van der Waals surface area contributed by atoms with Gasteiger partial charge in [0.25, 0.3) is 0 Å². The van der Waals surface area contributed by atoms with Crippen molar-refractivity contribution in [2.24, 2.45) is 17.4 Å². The molecule has 0 aliphatic carbocycles. The van der Waals surface area contributed by atoms with Crippen molar-refractivity contribution in [1.82, 2.24) is 5.32 Å². The van der Waals surface area contributed by atoms with E-state index in [1.54, 1.807) is 0 Å². The van der Waals surface area contributed by atoms with Gasteiger partial charge in [-0.1, -0.05) is 0 Å². The molecule has 6 nitrogen and oxygen atoms in total. The molecule has 0 aliphatic heterocycles. The first kappa shape index (κ1) is 12.0. The maximum atomic E-state index is 10.1. The van der Waals surface area contributed by atoms with E-state index in [9.17, 15) is 4.79 Å². The van der Waals surface area contributed by atoms with Crippen molar-refractivity contribution in [2.75, 3.05) is 6.54 Å². The summed E-state index contributed by atoms with van der Waals surface area (Å²) < 4.78 is 0. The van der Waals surface area contributed by atoms with Crippen molar-refractivity contribution >= 4 is 5.91 Å². The second-order valence-electron chi connectivity index (χ2n) is 1.45. The third-order valence-corrected chi connectivity index (χ3v) is 0.593. The van der Waals surface area contributed by atoms with Gasteiger partial charge in [-0.25, -0.2) is 0 Å². The van der Waals surface area contributed by atoms with Gasteiger partial charge in [0, 0.05) is 13.5 Å². The van der Waals surface area contributed by atoms with Gasteiger partial charge in [-0.15, -0.1) is 0 Å². The lowest BCUT2D eigenvalue weighted by Gasteiger charge is -2.05. The zero-order valence-electron chi connectivity index (χ0n) is 5.87. The quantitative estimate of drug-likeness (QED) is 0.165. The third kappa shape index (κ3) is 10.3. The molecule has 0 fully saturated rings. The van der Waals surface area contributed by atoms with Crippen LogP contribution in [0.4, 0.5) is 0 Å². The fourth-order valence-corrected chi connectivity index (χ4v) is 0.294. The maximum absolute atomic E-state index is 10.1. The van der Waals surface area contributed by atoms with Gasteiger partial charge in [0.05, 0.1) is 0 Å². The molecule has 8 N–H and O–H groups in total. The predicted molar refractivity (Wildman–Crippen MR) is 37.3 cm³/mol. The minimum absolute atomic E-state index is 0.0551. The van der Waals surface area contributed by atoms with Crippen LogP contribution in [-0.4, -0.2) is 23.8 Å². The molecule has 1 unspecified atom stereocenters. The van der Waals surface area contributed by atoms with E-state index < -0.39 is 6.23 Å². The fraction of sp³-hybridized carbons (Fsp3) is 0.750. The van der Waals surface area contributed by atoms with E-state index in [1.807, 2.05) is 0 Å². The molecule has 0 spiro atoms. The average Bonchev–Trinajstić information content (AvgIpc) is 1.91. The van der Waals surface area contributed by atoms with Gasteiger partial charge < -0.3 is 16.2 Å². The lowest BCUT2D eigenvalue weighted by Crippen LogP contribution is -2.38. The standard InChI is InChI=1S/C4H10N2O2.H4N2/c1-3(7)6-4(8)2-5;1-2/h4,8H,2,5H2,1H3,(H,6,7);1-2H2. The maximum Gasteiger partial charge on any atom is 0.218 e. The molecule has 1 amide bonds. The molecular formula is C4H14N4O2. The number of aliphatic hydroxyl groups excluding tert-OH is 1. The highest BCUT2D eigenvalue weighted by molar-refractivity contribution is 5.72. The normalized spacial score (nSPS) is 10.9. The topological polar surface area (TPSA) is 127 Å². The second kappa shape index (κ2) is 8.31. The lowest BCUT2D eigenvalue weighted by atomic mass is 10.5. The summed E-state index contributed by atoms with van der Waals surface area (Å²) in [5, 5.41) is 10.8. The number of nitrogens with two attached hydrogens (primary N) is 3. The molecule has 0 aromatic rings. The molecule has 0 aromatic heterocycles. The molecule has 6 heteroatoms. The second-order valence-corrected chi connectivity index (χ2v) is 1.45. The van der Waals surface area contributed by atoms with Crippen LogP contribution in [-0.2, 0) is 4.79 Å². The van der Waals surface area contributed by atoms with Gasteiger partial charge in [-0.3, -0.25) is 16.5 Å². The molecule has 62 valence electrons. The van der Waals surface area contributed by atoms with E-state index in [-0.39, 0.29) is 12.5 Å². The van der Waals surface area contributed by atoms with Crippen molar-refractivity contribution in [3.63, 3.8) is 0 Å². The predicted octanol–water partition coefficient (Wildman–Crippen LogP) is -2.78. The smallest absolute Gasteiger partial charge is 0.218 e. The van der Waals surface area contributed by atoms with Crippen LogP contribution in [0.25, 0.3) is 0 Å². The molecule has 0 saturated carbocycles. The highest BCUT2D eigenvalue weighted by Crippen LogP contribution is 1.68. The van der Waals surface area contributed by atoms with Crippen LogP contribution in [0.15, 0.2) is 0 Å². The van der Waals surface area contributed by atoms with Crippen LogP contribution >= 0.6 is 0 Å². The molecule has 0 saturated heterocycles. The van der Waals surface area contributed by atoms with Gasteiger partial charge in [0.2, 0.25) is 5.91 Å². The summed E-state index contributed by atoms with van der Waals surface area (Å²) in [6.45, 7) is 1.37. The van der Waals surface area contributed by atoms with Crippen LogP contribution in [0.5, 0.6) is 0 Å². The van der Waals surface area contributed by atoms with Crippen LogP contribution < -0.4 is 22.7 Å². The van der Waals surface area contributed by atoms with Gasteiger partial charge in [-0.2, -0.15) is 0 Å². The van der Waals surface area contributed by atoms with E-state index in [4.69, 9.17) is 10.8 Å². The van der Waals surface area contributed by atoms with Gasteiger partial charge in [0.15, 0.2) is 0 Å². The zero-order chi connectivity index (χ0) is 8.57. The van der Waals surface area contributed by atoms with Crippen molar-refractivity contribution in [1.29, 1.82) is 0 Å². The van der Waals surface area contributed by atoms with Crippen LogP contribution in [0.1, 0.15) is 6.92 Å². The van der Waals surface area contributed by atoms with E-state index in [0.717, 1.165) is 0 Å². The van der Waals surface area contributed by atoms with E-state index >= 15 is 0 Å². The first-order valence-corrected chi connectivity index (χ1v) is 2.65. The van der Waals surface area contributed by atoms with Crippen LogP contribution in [0, 0.1) is 0 Å². The minimum atomic E-state index is -0.896. The van der Waals surface area contributed by atoms with Crippen LogP contribution in [0.3, 0.4) is 0 Å². The Balaban J connectivity index is 0. The van der Waals surface area contributed by atoms with Gasteiger partial charge in [-0.05, 0) is 0 Å². The number of hydrogen-bond acceptors (Lipinski definition) is 5. The Bertz CT molecular complexity index is 87.3. The number of hydrazine groups is 1. The Morgan fingerprint density at radius 2 is 2.10 bits per heavy atom. The molecule has 0 bridgehead atoms. The summed E-state index contributed by atoms with van der Waals surface area (Å²) in [6.07, 6.45) is -0.896. The van der Waals surface area contributed by atoms with E-state index in [0.29, 0.717) is 0 Å². The first-order valence-electron chi connectivity index (χ1n) is 2.65. The summed E-state index contributed by atoms with van der Waals surface area (Å²) in [5.74, 6) is 7.72. The highest BCUT2D eigenvalue weighted by atomic mass is 16.3. The molecule has 0 aromatic carbocycles. The Labute approximate surface area is 59.3 Å². The first-order chi connectivity index (χ1) is 4.66. The zero-order valence-corrected chi connectivity index (χ0v) is 5.87. The number of carbonyl (C=O) groups excluding carboxylic acids is 1. The molecule has 0 radical (unpaired) electrons. The summed E-state index contributed by atoms with van der Waals surface area (Å²) in [4.78, 5) is 10.1. The van der Waals surface area contributed by atoms with Gasteiger partial charge >= 0.3 is 0 Å². The molecule has 0 heterocycles. The number of aliphatic hydroxyl groups is 1. The number of carbonyl (C=O) groups is 1. The van der Waals surface area contributed by atoms with Crippen molar-refractivity contribution in [2.45, 2.75) is 13.2 Å². The van der Waals surface area contributed by atoms with Crippen molar-refractivity contribution < 1.29 is 9.90 Å². The molecule has 10 heavy (non-hydrogen) atoms. The summed E-state index contributed by atoms with van der Waals surface area (Å²) in [5.41, 5.74) is 4.96. The average molecular weight is 150 g/mol. The SMILES string of the molecule is CC(=O)NC(O)CN.NN. The molecule has 1 atom stereocenters. The van der Waals surface area contributed by atoms with Crippen molar-refractivity contribution in [3.8, 4) is 0 Å². The van der Waals surface area contributed by atoms with E-state index in [2.05, 4.69) is 17.0 Å².